The number of fused-ring (bicyclic) bond motifs is 2. The van der Waals surface area contributed by atoms with Crippen LogP contribution in [0.4, 0.5) is 38.5 Å². The zero-order valence-corrected chi connectivity index (χ0v) is 31.6. The summed E-state index contributed by atoms with van der Waals surface area (Å²) in [7, 11) is 2.49. The summed E-state index contributed by atoms with van der Waals surface area (Å²) in [4.78, 5) is 20.7. The van der Waals surface area contributed by atoms with Crippen molar-refractivity contribution in [1.82, 2.24) is 9.13 Å². The number of nitrogen functional groups attached to an aromatic ring is 1. The molecule has 0 saturated carbocycles. The maximum atomic E-state index is 12.6. The van der Waals surface area contributed by atoms with Crippen molar-refractivity contribution in [2.75, 3.05) is 25.3 Å². The number of halogens is 5. The number of carbonyl (C=O) groups excluding carboxylic acids is 2. The maximum Gasteiger partial charge on any atom is 0.411 e. The fourth-order valence-corrected chi connectivity index (χ4v) is 6.02. The zero-order chi connectivity index (χ0) is 41.8. The minimum atomic E-state index is -2.92. The minimum absolute atomic E-state index is 0.0309. The van der Waals surface area contributed by atoms with Gasteiger partial charge in [0, 0.05) is 59.0 Å². The van der Waals surface area contributed by atoms with E-state index in [9.17, 15) is 37.7 Å². The molecule has 4 aromatic carbocycles. The van der Waals surface area contributed by atoms with Crippen LogP contribution in [0, 0.1) is 22.7 Å². The number of hydrogen-bond acceptors (Lipinski definition) is 9. The molecule has 2 aromatic heterocycles. The third kappa shape index (κ3) is 10.2. The first-order valence-electron chi connectivity index (χ1n) is 16.9. The summed E-state index contributed by atoms with van der Waals surface area (Å²) in [5, 5.41) is 23.2. The van der Waals surface area contributed by atoms with E-state index in [4.69, 9.17) is 5.73 Å². The molecule has 296 valence electrons. The largest absolute Gasteiger partial charge is 0.457 e. The molecule has 0 bridgehead atoms. The summed E-state index contributed by atoms with van der Waals surface area (Å²) < 4.78 is 71.2. The van der Waals surface area contributed by atoms with Crippen LogP contribution in [-0.2, 0) is 22.6 Å². The lowest BCUT2D eigenvalue weighted by Gasteiger charge is -2.10. The Morgan fingerprint density at radius 1 is 0.719 bits per heavy atom. The number of benzene rings is 4. The number of hydrogen-bond donors (Lipinski definition) is 2. The first-order valence-corrected chi connectivity index (χ1v) is 17.2. The van der Waals surface area contributed by atoms with E-state index in [-0.39, 0.29) is 11.5 Å². The lowest BCUT2D eigenvalue weighted by molar-refractivity contribution is -0.0504. The van der Waals surface area contributed by atoms with Gasteiger partial charge < -0.3 is 33.8 Å². The van der Waals surface area contributed by atoms with Crippen LogP contribution in [0.3, 0.4) is 0 Å². The lowest BCUT2D eigenvalue weighted by atomic mass is 10.1. The summed E-state index contributed by atoms with van der Waals surface area (Å²) in [6.45, 7) is -0.879. The van der Waals surface area contributed by atoms with Gasteiger partial charge in [-0.2, -0.15) is 28.1 Å². The number of alkyl halides is 4. The fraction of sp³-hybridized carbons (Fsp3) is 0.200. The van der Waals surface area contributed by atoms with Gasteiger partial charge in [0.2, 0.25) is 0 Å². The SMILES string of the molecule is CCn1c(-c2ccc(N)cc2)c(C#N)c2ccc(OC(F)F)cc21.CCn1c(-c2ccc(NC(=O)OC)cc2)c(C#N)c2ccc(OC(F)F)cc21.COC(=O)Cl. The van der Waals surface area contributed by atoms with Crippen molar-refractivity contribution in [2.45, 2.75) is 40.2 Å². The summed E-state index contributed by atoms with van der Waals surface area (Å²) >= 11 is 4.60. The van der Waals surface area contributed by atoms with E-state index in [0.717, 1.165) is 16.8 Å². The monoisotopic (exact) mass is 806 g/mol. The van der Waals surface area contributed by atoms with E-state index in [1.54, 1.807) is 48.5 Å². The van der Waals surface area contributed by atoms with Crippen LogP contribution >= 0.6 is 11.6 Å². The van der Waals surface area contributed by atoms with Gasteiger partial charge in [-0.05, 0) is 73.5 Å². The zero-order valence-electron chi connectivity index (χ0n) is 30.9. The summed E-state index contributed by atoms with van der Waals surface area (Å²) in [5.74, 6) is 0.0985. The molecule has 0 saturated heterocycles. The molecule has 0 radical (unpaired) electrons. The highest BCUT2D eigenvalue weighted by molar-refractivity contribution is 6.61. The number of aromatic nitrogens is 2. The molecular weight excluding hydrogens is 772 g/mol. The average Bonchev–Trinajstić information content (AvgIpc) is 3.69. The van der Waals surface area contributed by atoms with Gasteiger partial charge in [0.15, 0.2) is 0 Å². The smallest absolute Gasteiger partial charge is 0.411 e. The maximum absolute atomic E-state index is 12.6. The standard InChI is InChI=1S/C20H17F2N3O3.C18H15F2N3O.C2H3ClO2/c1-3-25-17-10-14(28-19(21)22)8-9-15(17)16(11-23)18(25)12-4-6-13(7-5-12)24-20(26)27-2;1-2-23-16-9-13(24-18(19)20)7-8-14(16)15(10-21)17(23)11-3-5-12(22)6-4-11;1-5-2(3)4/h4-10,19H,3H2,1-2H3,(H,24,26);3-9,18H,2,22H2,1H3;1H3. The summed E-state index contributed by atoms with van der Waals surface area (Å²) in [5.41, 5.74) is 11.4. The molecular formula is C40H35ClF4N6O6. The van der Waals surface area contributed by atoms with Crippen molar-refractivity contribution in [3.63, 3.8) is 0 Å². The highest BCUT2D eigenvalue weighted by Gasteiger charge is 2.21. The van der Waals surface area contributed by atoms with Gasteiger partial charge in [0.1, 0.15) is 23.6 Å². The number of carbonyl (C=O) groups is 2. The van der Waals surface area contributed by atoms with Gasteiger partial charge >= 0.3 is 24.7 Å². The Kier molecular flexibility index (Phi) is 14.7. The number of nitrogens with one attached hydrogen (secondary N) is 1. The molecule has 17 heteroatoms. The van der Waals surface area contributed by atoms with Crippen LogP contribution in [0.5, 0.6) is 11.5 Å². The van der Waals surface area contributed by atoms with Crippen LogP contribution in [0.1, 0.15) is 25.0 Å². The van der Waals surface area contributed by atoms with E-state index < -0.39 is 24.7 Å². The molecule has 0 unspecified atom stereocenters. The van der Waals surface area contributed by atoms with Crippen molar-refractivity contribution < 1.29 is 46.1 Å². The second-order valence-electron chi connectivity index (χ2n) is 11.5. The van der Waals surface area contributed by atoms with Gasteiger partial charge in [-0.15, -0.1) is 0 Å². The van der Waals surface area contributed by atoms with E-state index >= 15 is 0 Å². The second kappa shape index (κ2) is 19.6. The highest BCUT2D eigenvalue weighted by atomic mass is 35.5. The number of nitriles is 2. The number of rotatable bonds is 9. The predicted octanol–water partition coefficient (Wildman–Crippen LogP) is 10.4. The third-order valence-electron chi connectivity index (χ3n) is 8.31. The summed E-state index contributed by atoms with van der Waals surface area (Å²) in [6.07, 6.45) is -0.584. The molecule has 0 aliphatic rings. The number of ether oxygens (including phenoxy) is 4. The molecule has 57 heavy (non-hydrogen) atoms. The van der Waals surface area contributed by atoms with Crippen LogP contribution in [-0.4, -0.2) is 48.1 Å². The highest BCUT2D eigenvalue weighted by Crippen LogP contribution is 2.37. The fourth-order valence-electron chi connectivity index (χ4n) is 6.02. The normalized spacial score (nSPS) is 10.5. The first-order chi connectivity index (χ1) is 27.3. The van der Waals surface area contributed by atoms with E-state index in [1.165, 1.54) is 38.5 Å². The van der Waals surface area contributed by atoms with Crippen LogP contribution < -0.4 is 20.5 Å². The average molecular weight is 807 g/mol. The Labute approximate surface area is 329 Å². The first kappa shape index (κ1) is 42.8. The molecule has 0 fully saturated rings. The van der Waals surface area contributed by atoms with Crippen molar-refractivity contribution in [2.24, 2.45) is 0 Å². The number of amides is 1. The summed E-state index contributed by atoms with van der Waals surface area (Å²) in [6, 6.07) is 27.7. The minimum Gasteiger partial charge on any atom is -0.457 e. The van der Waals surface area contributed by atoms with Crippen molar-refractivity contribution >= 4 is 56.3 Å². The Morgan fingerprint density at radius 3 is 1.46 bits per heavy atom. The van der Waals surface area contributed by atoms with E-state index in [0.29, 0.717) is 63.1 Å². The molecule has 6 aromatic rings. The van der Waals surface area contributed by atoms with Crippen LogP contribution in [0.15, 0.2) is 84.9 Å². The number of nitrogens with two attached hydrogens (primary N) is 1. The van der Waals surface area contributed by atoms with Crippen LogP contribution in [0.25, 0.3) is 44.3 Å². The predicted molar refractivity (Wildman–Crippen MR) is 207 cm³/mol. The van der Waals surface area contributed by atoms with Crippen molar-refractivity contribution in [3.05, 3.63) is 96.1 Å². The van der Waals surface area contributed by atoms with Crippen molar-refractivity contribution in [1.29, 1.82) is 10.5 Å². The lowest BCUT2D eigenvalue weighted by Crippen LogP contribution is -2.10. The van der Waals surface area contributed by atoms with E-state index in [2.05, 4.69) is 48.0 Å². The van der Waals surface area contributed by atoms with Crippen LogP contribution in [0.2, 0.25) is 0 Å². The number of nitrogens with zero attached hydrogens (tertiary/aromatic N) is 4. The Balaban J connectivity index is 0.000000228. The molecule has 6 rings (SSSR count). The number of methoxy groups -OCH3 is 2. The second-order valence-corrected chi connectivity index (χ2v) is 11.8. The quantitative estimate of drug-likeness (QED) is 0.0821. The molecule has 1 amide bonds. The number of aryl methyl sites for hydroxylation is 2. The number of anilines is 2. The van der Waals surface area contributed by atoms with Gasteiger partial charge in [0.25, 0.3) is 0 Å². The van der Waals surface area contributed by atoms with Gasteiger partial charge in [-0.3, -0.25) is 5.32 Å². The Morgan fingerprint density at radius 2 is 1.12 bits per heavy atom. The van der Waals surface area contributed by atoms with Crippen molar-refractivity contribution in [3.8, 4) is 46.2 Å². The Hall–Kier alpha value is -6.91. The molecule has 3 N–H and O–H groups in total. The third-order valence-corrected chi connectivity index (χ3v) is 8.47. The molecule has 12 nitrogen and oxygen atoms in total. The molecule has 0 spiro atoms. The van der Waals surface area contributed by atoms with E-state index in [1.807, 2.05) is 35.1 Å². The molecule has 2 heterocycles. The topological polar surface area (TPSA) is 167 Å². The van der Waals surface area contributed by atoms with Gasteiger partial charge in [-0.25, -0.2) is 9.59 Å². The molecule has 0 aliphatic heterocycles. The van der Waals surface area contributed by atoms with Gasteiger partial charge in [0.05, 0.1) is 47.8 Å². The molecule has 0 atom stereocenters. The van der Waals surface area contributed by atoms with Gasteiger partial charge in [-0.1, -0.05) is 24.3 Å². The Bertz CT molecular complexity index is 2440. The molecule has 0 aliphatic carbocycles.